The number of carbonyl (C=O) groups is 1. The molecule has 7 heteroatoms. The van der Waals surface area contributed by atoms with Crippen LogP contribution in [-0.2, 0) is 4.74 Å². The summed E-state index contributed by atoms with van der Waals surface area (Å²) in [6.45, 7) is 0. The minimum Gasteiger partial charge on any atom is -0.453 e. The molecule has 0 bridgehead atoms. The first-order valence-electron chi connectivity index (χ1n) is 5.53. The van der Waals surface area contributed by atoms with Gasteiger partial charge in [0.2, 0.25) is 4.96 Å². The highest BCUT2D eigenvalue weighted by atomic mass is 32.1. The maximum absolute atomic E-state index is 11.1. The summed E-state index contributed by atoms with van der Waals surface area (Å²) in [6.07, 6.45) is 1.10. The second-order valence-corrected chi connectivity index (χ2v) is 4.70. The van der Waals surface area contributed by atoms with Crippen LogP contribution in [0.2, 0.25) is 0 Å². The van der Waals surface area contributed by atoms with E-state index in [-0.39, 0.29) is 0 Å². The lowest BCUT2D eigenvalue weighted by atomic mass is 10.2. The second-order valence-electron chi connectivity index (χ2n) is 3.74. The number of rotatable bonds is 2. The first-order valence-corrected chi connectivity index (χ1v) is 6.34. The minimum absolute atomic E-state index is 0.421. The van der Waals surface area contributed by atoms with Crippen LogP contribution in [-0.4, -0.2) is 27.8 Å². The molecule has 96 valence electrons. The van der Waals surface area contributed by atoms with Crippen LogP contribution in [0.25, 0.3) is 15.5 Å². The van der Waals surface area contributed by atoms with Crippen LogP contribution in [0.3, 0.4) is 0 Å². The molecule has 0 aliphatic carbocycles. The summed E-state index contributed by atoms with van der Waals surface area (Å²) < 4.78 is 6.14. The summed E-state index contributed by atoms with van der Waals surface area (Å²) in [7, 11) is 1.31. The first kappa shape index (κ1) is 11.7. The van der Waals surface area contributed by atoms with E-state index in [1.165, 1.54) is 18.4 Å². The van der Waals surface area contributed by atoms with E-state index in [4.69, 9.17) is 0 Å². The molecule has 3 aromatic rings. The number of fused-ring (bicyclic) bond motifs is 1. The number of imidazole rings is 1. The standard InChI is InChI=1S/C12H10N4O2S/c1-18-12(17)14-9-7-16-11(13-9)19-10(15-16)8-5-3-2-4-6-8/h2-7H,1H3,(H,14,17). The van der Waals surface area contributed by atoms with Crippen molar-refractivity contribution in [3.63, 3.8) is 0 Å². The molecular weight excluding hydrogens is 264 g/mol. The van der Waals surface area contributed by atoms with Crippen molar-refractivity contribution in [1.82, 2.24) is 14.6 Å². The quantitative estimate of drug-likeness (QED) is 0.780. The normalized spacial score (nSPS) is 10.6. The van der Waals surface area contributed by atoms with E-state index < -0.39 is 6.09 Å². The Morgan fingerprint density at radius 1 is 1.37 bits per heavy atom. The predicted octanol–water partition coefficient (Wildman–Crippen LogP) is 2.64. The maximum Gasteiger partial charge on any atom is 0.412 e. The van der Waals surface area contributed by atoms with Gasteiger partial charge in [-0.25, -0.2) is 9.31 Å². The molecule has 19 heavy (non-hydrogen) atoms. The Bertz CT molecular complexity index is 688. The minimum atomic E-state index is -0.547. The predicted molar refractivity (Wildman–Crippen MR) is 72.3 cm³/mol. The number of nitrogens with one attached hydrogen (secondary N) is 1. The van der Waals surface area contributed by atoms with Crippen molar-refractivity contribution in [2.24, 2.45) is 0 Å². The number of methoxy groups -OCH3 is 1. The van der Waals surface area contributed by atoms with Crippen LogP contribution < -0.4 is 5.32 Å². The van der Waals surface area contributed by atoms with E-state index in [9.17, 15) is 4.79 Å². The van der Waals surface area contributed by atoms with E-state index in [1.807, 2.05) is 30.3 Å². The number of nitrogens with zero attached hydrogens (tertiary/aromatic N) is 3. The monoisotopic (exact) mass is 274 g/mol. The van der Waals surface area contributed by atoms with Crippen LogP contribution in [0, 0.1) is 0 Å². The van der Waals surface area contributed by atoms with E-state index in [2.05, 4.69) is 20.1 Å². The maximum atomic E-state index is 11.1. The van der Waals surface area contributed by atoms with Gasteiger partial charge in [0.05, 0.1) is 13.3 Å². The highest BCUT2D eigenvalue weighted by molar-refractivity contribution is 7.19. The molecule has 0 unspecified atom stereocenters. The molecule has 1 amide bonds. The smallest absolute Gasteiger partial charge is 0.412 e. The SMILES string of the molecule is COC(=O)Nc1cn2nc(-c3ccccc3)sc2n1. The zero-order valence-electron chi connectivity index (χ0n) is 10.0. The summed E-state index contributed by atoms with van der Waals surface area (Å²) in [5, 5.41) is 7.80. The van der Waals surface area contributed by atoms with Gasteiger partial charge in [0.15, 0.2) is 5.82 Å². The molecule has 0 aliphatic heterocycles. The summed E-state index contributed by atoms with van der Waals surface area (Å²) >= 11 is 1.45. The van der Waals surface area contributed by atoms with Gasteiger partial charge < -0.3 is 4.74 Å². The van der Waals surface area contributed by atoms with Gasteiger partial charge in [-0.2, -0.15) is 10.1 Å². The van der Waals surface area contributed by atoms with E-state index in [1.54, 1.807) is 10.7 Å². The molecule has 0 radical (unpaired) electrons. The van der Waals surface area contributed by atoms with Gasteiger partial charge in [-0.3, -0.25) is 5.32 Å². The Balaban J connectivity index is 1.92. The van der Waals surface area contributed by atoms with Crippen molar-refractivity contribution in [2.45, 2.75) is 0 Å². The fourth-order valence-electron chi connectivity index (χ4n) is 1.61. The summed E-state index contributed by atoms with van der Waals surface area (Å²) in [4.78, 5) is 16.0. The molecule has 3 rings (SSSR count). The van der Waals surface area contributed by atoms with Crippen molar-refractivity contribution in [3.05, 3.63) is 36.5 Å². The topological polar surface area (TPSA) is 68.5 Å². The Morgan fingerprint density at radius 3 is 2.84 bits per heavy atom. The molecule has 0 fully saturated rings. The van der Waals surface area contributed by atoms with Crippen molar-refractivity contribution >= 4 is 28.2 Å². The lowest BCUT2D eigenvalue weighted by Gasteiger charge is -1.97. The largest absolute Gasteiger partial charge is 0.453 e. The number of aromatic nitrogens is 3. The van der Waals surface area contributed by atoms with Crippen molar-refractivity contribution < 1.29 is 9.53 Å². The van der Waals surface area contributed by atoms with Gasteiger partial charge in [0.1, 0.15) is 5.01 Å². The molecule has 0 atom stereocenters. The van der Waals surface area contributed by atoms with Crippen molar-refractivity contribution in [2.75, 3.05) is 12.4 Å². The Hall–Kier alpha value is -2.41. The number of hydrogen-bond acceptors (Lipinski definition) is 5. The number of hydrogen-bond donors (Lipinski definition) is 1. The number of anilines is 1. The highest BCUT2D eigenvalue weighted by Gasteiger charge is 2.11. The van der Waals surface area contributed by atoms with Crippen LogP contribution in [0.5, 0.6) is 0 Å². The lowest BCUT2D eigenvalue weighted by molar-refractivity contribution is 0.187. The van der Waals surface area contributed by atoms with Gasteiger partial charge in [0, 0.05) is 5.56 Å². The zero-order valence-corrected chi connectivity index (χ0v) is 10.8. The van der Waals surface area contributed by atoms with Gasteiger partial charge in [-0.05, 0) is 0 Å². The fraction of sp³-hybridized carbons (Fsp3) is 0.0833. The van der Waals surface area contributed by atoms with Gasteiger partial charge in [-0.15, -0.1) is 0 Å². The van der Waals surface area contributed by atoms with E-state index in [0.29, 0.717) is 10.8 Å². The van der Waals surface area contributed by atoms with Crippen LogP contribution in [0.4, 0.5) is 10.6 Å². The summed E-state index contributed by atoms with van der Waals surface area (Å²) in [6, 6.07) is 9.87. The molecule has 6 nitrogen and oxygen atoms in total. The number of carbonyl (C=O) groups excluding carboxylic acids is 1. The molecular formula is C12H10N4O2S. The number of amides is 1. The van der Waals surface area contributed by atoms with Crippen LogP contribution >= 0.6 is 11.3 Å². The van der Waals surface area contributed by atoms with E-state index >= 15 is 0 Å². The van der Waals surface area contributed by atoms with E-state index in [0.717, 1.165) is 10.6 Å². The Morgan fingerprint density at radius 2 is 2.16 bits per heavy atom. The van der Waals surface area contributed by atoms with Crippen LogP contribution in [0.1, 0.15) is 0 Å². The average molecular weight is 274 g/mol. The first-order chi connectivity index (χ1) is 9.26. The van der Waals surface area contributed by atoms with Gasteiger partial charge in [0.25, 0.3) is 0 Å². The molecule has 0 saturated carbocycles. The third-order valence-corrected chi connectivity index (χ3v) is 3.45. The molecule has 1 N–H and O–H groups in total. The summed E-state index contributed by atoms with van der Waals surface area (Å²) in [5.41, 5.74) is 1.04. The van der Waals surface area contributed by atoms with Crippen LogP contribution in [0.15, 0.2) is 36.5 Å². The van der Waals surface area contributed by atoms with Crippen molar-refractivity contribution in [1.29, 1.82) is 0 Å². The third kappa shape index (κ3) is 2.27. The van der Waals surface area contributed by atoms with Gasteiger partial charge >= 0.3 is 6.09 Å². The molecule has 0 aliphatic rings. The zero-order chi connectivity index (χ0) is 13.2. The van der Waals surface area contributed by atoms with Gasteiger partial charge in [-0.1, -0.05) is 41.7 Å². The number of ether oxygens (including phenoxy) is 1. The number of benzene rings is 1. The molecule has 2 aromatic heterocycles. The fourth-order valence-corrected chi connectivity index (χ4v) is 2.50. The highest BCUT2D eigenvalue weighted by Crippen LogP contribution is 2.26. The van der Waals surface area contributed by atoms with Crippen molar-refractivity contribution in [3.8, 4) is 10.6 Å². The third-order valence-electron chi connectivity index (χ3n) is 2.48. The Labute approximate surface area is 112 Å². The second kappa shape index (κ2) is 4.69. The average Bonchev–Trinajstić information content (AvgIpc) is 2.97. The summed E-state index contributed by atoms with van der Waals surface area (Å²) in [5.74, 6) is 0.421. The lowest BCUT2D eigenvalue weighted by Crippen LogP contribution is -2.10. The Kier molecular flexibility index (Phi) is 2.88. The molecule has 0 saturated heterocycles. The molecule has 1 aromatic carbocycles. The molecule has 2 heterocycles. The molecule has 0 spiro atoms.